The van der Waals surface area contributed by atoms with E-state index in [1.165, 1.54) is 0 Å². The van der Waals surface area contributed by atoms with E-state index in [9.17, 15) is 4.79 Å². The smallest absolute Gasteiger partial charge is 0.256 e. The molecule has 1 saturated heterocycles. The monoisotopic (exact) mass is 284 g/mol. The van der Waals surface area contributed by atoms with E-state index in [1.54, 1.807) is 11.2 Å². The molecule has 0 radical (unpaired) electrons. The molecule has 1 unspecified atom stereocenters. The Balaban J connectivity index is 1.73. The minimum atomic E-state index is -0.224. The number of nitrogens with zero attached hydrogens (tertiary/aromatic N) is 3. The molecule has 1 amide bonds. The normalized spacial score (nSPS) is 21.1. The van der Waals surface area contributed by atoms with E-state index in [1.807, 2.05) is 35.2 Å². The molecular weight excluding hydrogens is 272 g/mol. The van der Waals surface area contributed by atoms with Gasteiger partial charge in [-0.1, -0.05) is 18.2 Å². The number of thiocarbonyl (C=S) groups is 1. The molecule has 2 aliphatic heterocycles. The maximum Gasteiger partial charge on any atom is 0.256 e. The maximum absolute atomic E-state index is 12.6. The Morgan fingerprint density at radius 3 is 2.90 bits per heavy atom. The van der Waals surface area contributed by atoms with Crippen LogP contribution < -0.4 is 4.90 Å². The Morgan fingerprint density at radius 1 is 1.30 bits per heavy atom. The van der Waals surface area contributed by atoms with Crippen molar-refractivity contribution in [1.29, 1.82) is 0 Å². The molecule has 20 heavy (non-hydrogen) atoms. The van der Waals surface area contributed by atoms with Crippen LogP contribution in [0.4, 0.5) is 5.69 Å². The number of carbonyl (C=O) groups excluding carboxylic acids is 1. The number of anilines is 1. The zero-order valence-electron chi connectivity index (χ0n) is 10.6. The number of H-pyrrole nitrogens is 1. The number of aromatic amines is 1. The van der Waals surface area contributed by atoms with Gasteiger partial charge in [-0.25, -0.2) is 4.98 Å². The van der Waals surface area contributed by atoms with Crippen molar-refractivity contribution in [2.75, 3.05) is 4.90 Å². The van der Waals surface area contributed by atoms with Crippen LogP contribution in [0.3, 0.4) is 0 Å². The van der Waals surface area contributed by atoms with Gasteiger partial charge in [-0.05, 0) is 24.4 Å². The first-order valence-electron chi connectivity index (χ1n) is 6.46. The summed E-state index contributed by atoms with van der Waals surface area (Å²) in [5.41, 5.74) is 2.84. The zero-order valence-corrected chi connectivity index (χ0v) is 11.4. The highest BCUT2D eigenvalue weighted by Crippen LogP contribution is 2.31. The average molecular weight is 284 g/mol. The van der Waals surface area contributed by atoms with Crippen LogP contribution in [0.15, 0.2) is 36.7 Å². The first-order chi connectivity index (χ1) is 9.75. The molecule has 1 fully saturated rings. The molecule has 6 heteroatoms. The third-order valence-electron chi connectivity index (χ3n) is 3.86. The molecule has 1 aromatic carbocycles. The summed E-state index contributed by atoms with van der Waals surface area (Å²) in [6.07, 6.45) is 2.29. The SMILES string of the molecule is O=C1C2Cc3nc[nH]c3CN2C(=S)N1c1ccccc1. The summed E-state index contributed by atoms with van der Waals surface area (Å²) in [4.78, 5) is 23.6. The van der Waals surface area contributed by atoms with Crippen LogP contribution >= 0.6 is 12.2 Å². The topological polar surface area (TPSA) is 52.2 Å². The van der Waals surface area contributed by atoms with Gasteiger partial charge in [0.1, 0.15) is 6.04 Å². The molecule has 3 heterocycles. The zero-order chi connectivity index (χ0) is 13.7. The number of fused-ring (bicyclic) bond motifs is 2. The Labute approximate surface area is 121 Å². The van der Waals surface area contributed by atoms with E-state index in [-0.39, 0.29) is 11.9 Å². The average Bonchev–Trinajstić information content (AvgIpc) is 3.02. The van der Waals surface area contributed by atoms with Gasteiger partial charge in [-0.3, -0.25) is 9.69 Å². The standard InChI is InChI=1S/C14H12N4OS/c19-13-12-6-10-11(16-8-15-10)7-17(12)14(20)18(13)9-4-2-1-3-5-9/h1-5,8,12H,6-7H2,(H,15,16). The van der Waals surface area contributed by atoms with E-state index < -0.39 is 0 Å². The van der Waals surface area contributed by atoms with Crippen LogP contribution in [-0.4, -0.2) is 31.9 Å². The number of carbonyl (C=O) groups is 1. The Bertz CT molecular complexity index is 658. The first kappa shape index (κ1) is 11.6. The highest BCUT2D eigenvalue weighted by molar-refractivity contribution is 7.80. The lowest BCUT2D eigenvalue weighted by Crippen LogP contribution is -2.40. The number of hydrogen-bond acceptors (Lipinski definition) is 3. The highest BCUT2D eigenvalue weighted by atomic mass is 32.1. The minimum Gasteiger partial charge on any atom is -0.347 e. The lowest BCUT2D eigenvalue weighted by molar-refractivity contribution is -0.120. The van der Waals surface area contributed by atoms with E-state index in [0.29, 0.717) is 18.1 Å². The fraction of sp³-hybridized carbons (Fsp3) is 0.214. The molecule has 4 rings (SSSR count). The van der Waals surface area contributed by atoms with Gasteiger partial charge in [0.25, 0.3) is 5.91 Å². The van der Waals surface area contributed by atoms with Crippen LogP contribution in [-0.2, 0) is 17.8 Å². The van der Waals surface area contributed by atoms with Crippen LogP contribution in [0, 0.1) is 0 Å². The van der Waals surface area contributed by atoms with Crippen molar-refractivity contribution in [3.63, 3.8) is 0 Å². The maximum atomic E-state index is 12.6. The molecule has 100 valence electrons. The van der Waals surface area contributed by atoms with Crippen molar-refractivity contribution in [3.05, 3.63) is 48.0 Å². The third-order valence-corrected chi connectivity index (χ3v) is 4.27. The molecule has 0 bridgehead atoms. The summed E-state index contributed by atoms with van der Waals surface area (Å²) < 4.78 is 0. The lowest BCUT2D eigenvalue weighted by atomic mass is 10.0. The summed E-state index contributed by atoms with van der Waals surface area (Å²) >= 11 is 5.50. The van der Waals surface area contributed by atoms with Gasteiger partial charge in [-0.2, -0.15) is 0 Å². The molecule has 2 aromatic rings. The van der Waals surface area contributed by atoms with Gasteiger partial charge in [-0.15, -0.1) is 0 Å². The van der Waals surface area contributed by atoms with E-state index in [0.717, 1.165) is 17.1 Å². The molecule has 0 spiro atoms. The number of amides is 1. The second-order valence-corrected chi connectivity index (χ2v) is 5.33. The number of aromatic nitrogens is 2. The Kier molecular flexibility index (Phi) is 2.40. The summed E-state index contributed by atoms with van der Waals surface area (Å²) in [5.74, 6) is 0.0369. The number of benzene rings is 1. The Hall–Kier alpha value is -2.21. The molecule has 1 N–H and O–H groups in total. The summed E-state index contributed by atoms with van der Waals surface area (Å²) in [6.45, 7) is 0.619. The van der Waals surface area contributed by atoms with Crippen molar-refractivity contribution in [2.24, 2.45) is 0 Å². The highest BCUT2D eigenvalue weighted by Gasteiger charge is 2.46. The van der Waals surface area contributed by atoms with Gasteiger partial charge in [0.05, 0.1) is 29.9 Å². The van der Waals surface area contributed by atoms with E-state index >= 15 is 0 Å². The largest absolute Gasteiger partial charge is 0.347 e. The van der Waals surface area contributed by atoms with Gasteiger partial charge < -0.3 is 9.88 Å². The quantitative estimate of drug-likeness (QED) is 0.806. The number of imidazole rings is 1. The molecule has 1 atom stereocenters. The second kappa shape index (κ2) is 4.14. The summed E-state index contributed by atoms with van der Waals surface area (Å²) in [7, 11) is 0. The van der Waals surface area contributed by atoms with Gasteiger partial charge in [0, 0.05) is 6.42 Å². The summed E-state index contributed by atoms with van der Waals surface area (Å²) in [6, 6.07) is 9.33. The molecule has 5 nitrogen and oxygen atoms in total. The number of para-hydroxylation sites is 1. The molecule has 1 aromatic heterocycles. The predicted molar refractivity (Wildman–Crippen MR) is 78.1 cm³/mol. The van der Waals surface area contributed by atoms with Gasteiger partial charge in [0.15, 0.2) is 5.11 Å². The van der Waals surface area contributed by atoms with Crippen LogP contribution in [0.2, 0.25) is 0 Å². The first-order valence-corrected chi connectivity index (χ1v) is 6.87. The molecule has 2 aliphatic rings. The lowest BCUT2D eigenvalue weighted by Gasteiger charge is -2.27. The summed E-state index contributed by atoms with van der Waals surface area (Å²) in [5, 5.41) is 0.575. The third kappa shape index (κ3) is 1.51. The van der Waals surface area contributed by atoms with Crippen molar-refractivity contribution in [1.82, 2.24) is 14.9 Å². The van der Waals surface area contributed by atoms with E-state index in [4.69, 9.17) is 12.2 Å². The minimum absolute atomic E-state index is 0.0369. The fourth-order valence-corrected chi connectivity index (χ4v) is 3.23. The predicted octanol–water partition coefficient (Wildman–Crippen LogP) is 1.47. The van der Waals surface area contributed by atoms with Crippen molar-refractivity contribution < 1.29 is 4.79 Å². The van der Waals surface area contributed by atoms with Crippen LogP contribution in [0.1, 0.15) is 11.4 Å². The fourth-order valence-electron chi connectivity index (χ4n) is 2.84. The van der Waals surface area contributed by atoms with Crippen molar-refractivity contribution in [3.8, 4) is 0 Å². The Morgan fingerprint density at radius 2 is 2.10 bits per heavy atom. The van der Waals surface area contributed by atoms with Crippen molar-refractivity contribution >= 4 is 28.9 Å². The van der Waals surface area contributed by atoms with E-state index in [2.05, 4.69) is 9.97 Å². The molecule has 0 aliphatic carbocycles. The van der Waals surface area contributed by atoms with Crippen LogP contribution in [0.25, 0.3) is 0 Å². The number of rotatable bonds is 1. The van der Waals surface area contributed by atoms with Gasteiger partial charge in [0.2, 0.25) is 0 Å². The van der Waals surface area contributed by atoms with Crippen LogP contribution in [0.5, 0.6) is 0 Å². The number of hydrogen-bond donors (Lipinski definition) is 1. The van der Waals surface area contributed by atoms with Crippen molar-refractivity contribution in [2.45, 2.75) is 19.0 Å². The second-order valence-electron chi connectivity index (χ2n) is 4.97. The molecule has 0 saturated carbocycles. The number of nitrogens with one attached hydrogen (secondary N) is 1. The van der Waals surface area contributed by atoms with Gasteiger partial charge >= 0.3 is 0 Å². The molecular formula is C14H12N4OS.